The molecule has 0 unspecified atom stereocenters. The van der Waals surface area contributed by atoms with Crippen molar-refractivity contribution >= 4 is 19.8 Å². The van der Waals surface area contributed by atoms with E-state index in [4.69, 9.17) is 19.3 Å². The number of carbonyl (C=O) groups is 2. The van der Waals surface area contributed by atoms with Crippen LogP contribution >= 0.6 is 7.82 Å². The smallest absolute Gasteiger partial charge is 0.462 e. The van der Waals surface area contributed by atoms with Gasteiger partial charge < -0.3 is 29.5 Å². The Labute approximate surface area is 336 Å². The van der Waals surface area contributed by atoms with Gasteiger partial charge in [-0.2, -0.15) is 0 Å². The molecule has 0 aromatic rings. The van der Waals surface area contributed by atoms with Gasteiger partial charge in [-0.05, 0) is 77.0 Å². The van der Waals surface area contributed by atoms with Gasteiger partial charge in [0.1, 0.15) is 6.61 Å². The lowest BCUT2D eigenvalue weighted by Gasteiger charge is -2.18. The number of allylic oxidation sites excluding steroid dienone is 18. The predicted molar refractivity (Wildman–Crippen MR) is 227 cm³/mol. The van der Waals surface area contributed by atoms with Crippen molar-refractivity contribution in [3.8, 4) is 0 Å². The van der Waals surface area contributed by atoms with Crippen molar-refractivity contribution in [1.29, 1.82) is 0 Å². The molecule has 0 amide bonds. The van der Waals surface area contributed by atoms with Gasteiger partial charge in [-0.15, -0.1) is 0 Å². The molecule has 0 aliphatic rings. The number of esters is 2. The summed E-state index contributed by atoms with van der Waals surface area (Å²) in [5.74, 6) is -1.14. The maximum absolute atomic E-state index is 12.4. The first-order valence-electron chi connectivity index (χ1n) is 19.7. The number of aliphatic hydroxyl groups is 2. The van der Waals surface area contributed by atoms with Crippen molar-refractivity contribution in [3.63, 3.8) is 0 Å². The van der Waals surface area contributed by atoms with Crippen LogP contribution in [0.15, 0.2) is 134 Å². The minimum absolute atomic E-state index is 0.0640. The van der Waals surface area contributed by atoms with Gasteiger partial charge in [0.15, 0.2) is 6.10 Å². The quantitative estimate of drug-likeness (QED) is 0.0165. The van der Waals surface area contributed by atoms with Crippen molar-refractivity contribution < 1.29 is 48.2 Å². The molecule has 312 valence electrons. The highest BCUT2D eigenvalue weighted by atomic mass is 31.2. The highest BCUT2D eigenvalue weighted by Crippen LogP contribution is 2.35. The Morgan fingerprint density at radius 3 is 1.52 bits per heavy atom. The van der Waals surface area contributed by atoms with Crippen LogP contribution in [0.2, 0.25) is 0 Å². The molecule has 0 heterocycles. The van der Waals surface area contributed by atoms with E-state index >= 15 is 0 Å². The van der Waals surface area contributed by atoms with E-state index in [0.717, 1.165) is 38.5 Å². The van der Waals surface area contributed by atoms with E-state index in [0.29, 0.717) is 38.5 Å². The lowest BCUT2D eigenvalue weighted by Crippen LogP contribution is -2.29. The molecule has 4 N–H and O–H groups in total. The number of phosphoric ester groups is 1. The van der Waals surface area contributed by atoms with Gasteiger partial charge in [0, 0.05) is 12.8 Å². The summed E-state index contributed by atoms with van der Waals surface area (Å²) in [7, 11) is -4.82. The standard InChI is InChI=1S/C45H67O10P/c1-3-5-7-8-9-10-11-12-13-14-15-16-17-18-19-24-32-38-45(49)55-43(40-54-56(50,51)52)39-53-44(48)37-31-23-21-20-22-28-34-42(47)36-30-26-25-29-35-41(46)33-27-6-4-2/h5-7,9-10,12-13,15-16,18-19,21-23,25-30,35-36,41-43,46-47H,3-4,8,11,14,17,20,24,31-34,37-40H2,1-2H3,(H2,50,51,52)/b7-5-,10-9-,13-12-,16-15-,19-18-,23-21-,26-25-,27-6-,28-22-,35-29+,36-30+/t41-,42+,43-/m1/s1. The molecule has 0 radical (unpaired) electrons. The molecule has 3 atom stereocenters. The predicted octanol–water partition coefficient (Wildman–Crippen LogP) is 9.89. The first-order chi connectivity index (χ1) is 27.1. The molecule has 11 heteroatoms. The average Bonchev–Trinajstić information content (AvgIpc) is 3.16. The zero-order valence-corrected chi connectivity index (χ0v) is 34.3. The summed E-state index contributed by atoms with van der Waals surface area (Å²) in [5.41, 5.74) is 0. The summed E-state index contributed by atoms with van der Waals surface area (Å²) >= 11 is 0. The first kappa shape index (κ1) is 52.1. The van der Waals surface area contributed by atoms with E-state index in [1.807, 2.05) is 55.5 Å². The van der Waals surface area contributed by atoms with Crippen LogP contribution in [0.5, 0.6) is 0 Å². The third-order valence-electron chi connectivity index (χ3n) is 7.34. The number of ether oxygens (including phenoxy) is 2. The minimum atomic E-state index is -4.82. The lowest BCUT2D eigenvalue weighted by molar-refractivity contribution is -0.161. The monoisotopic (exact) mass is 798 g/mol. The Morgan fingerprint density at radius 1 is 0.554 bits per heavy atom. The Kier molecular flexibility index (Phi) is 35.4. The fourth-order valence-corrected chi connectivity index (χ4v) is 4.79. The summed E-state index contributed by atoms with van der Waals surface area (Å²) in [6, 6.07) is 0. The van der Waals surface area contributed by atoms with Gasteiger partial charge in [-0.1, -0.05) is 148 Å². The van der Waals surface area contributed by atoms with Gasteiger partial charge in [-0.3, -0.25) is 14.1 Å². The second kappa shape index (κ2) is 38.0. The van der Waals surface area contributed by atoms with E-state index in [2.05, 4.69) is 60.1 Å². The number of rotatable bonds is 33. The molecule has 0 aromatic heterocycles. The van der Waals surface area contributed by atoms with E-state index in [9.17, 15) is 24.4 Å². The Balaban J connectivity index is 4.33. The summed E-state index contributed by atoms with van der Waals surface area (Å²) in [6.45, 7) is 3.15. The van der Waals surface area contributed by atoms with E-state index in [1.54, 1.807) is 36.5 Å². The molecule has 0 aliphatic carbocycles. The molecule has 56 heavy (non-hydrogen) atoms. The molecule has 0 saturated carbocycles. The molecule has 0 fully saturated rings. The normalized spacial score (nSPS) is 15.0. The third kappa shape index (κ3) is 39.8. The number of carbonyl (C=O) groups excluding carboxylic acids is 2. The van der Waals surface area contributed by atoms with Gasteiger partial charge in [0.05, 0.1) is 18.8 Å². The van der Waals surface area contributed by atoms with E-state index in [1.165, 1.54) is 0 Å². The minimum Gasteiger partial charge on any atom is -0.462 e. The Morgan fingerprint density at radius 2 is 1.00 bits per heavy atom. The van der Waals surface area contributed by atoms with E-state index < -0.39 is 51.3 Å². The van der Waals surface area contributed by atoms with Crippen molar-refractivity contribution in [3.05, 3.63) is 134 Å². The van der Waals surface area contributed by atoms with Crippen LogP contribution in [0.3, 0.4) is 0 Å². The molecule has 0 bridgehead atoms. The van der Waals surface area contributed by atoms with Crippen molar-refractivity contribution in [2.24, 2.45) is 0 Å². The molecule has 0 aliphatic heterocycles. The topological polar surface area (TPSA) is 160 Å². The van der Waals surface area contributed by atoms with Gasteiger partial charge in [0.2, 0.25) is 0 Å². The number of unbranched alkanes of at least 4 members (excludes halogenated alkanes) is 1. The summed E-state index contributed by atoms with van der Waals surface area (Å²) in [6.07, 6.45) is 49.7. The fraction of sp³-hybridized carbons (Fsp3) is 0.467. The first-order valence-corrected chi connectivity index (χ1v) is 21.2. The van der Waals surface area contributed by atoms with Crippen LogP contribution in [-0.4, -0.2) is 63.5 Å². The summed E-state index contributed by atoms with van der Waals surface area (Å²) < 4.78 is 26.2. The van der Waals surface area contributed by atoms with Gasteiger partial charge >= 0.3 is 19.8 Å². The highest BCUT2D eigenvalue weighted by Gasteiger charge is 2.22. The molecule has 10 nitrogen and oxygen atoms in total. The maximum Gasteiger partial charge on any atom is 0.469 e. The number of hydrogen-bond donors (Lipinski definition) is 4. The summed E-state index contributed by atoms with van der Waals surface area (Å²) in [4.78, 5) is 42.7. The summed E-state index contributed by atoms with van der Waals surface area (Å²) in [5, 5.41) is 19.9. The van der Waals surface area contributed by atoms with Gasteiger partial charge in [-0.25, -0.2) is 4.57 Å². The maximum atomic E-state index is 12.4. The van der Waals surface area contributed by atoms with Gasteiger partial charge in [0.25, 0.3) is 0 Å². The Bertz CT molecular complexity index is 1390. The Hall–Kier alpha value is -3.89. The molecule has 0 spiro atoms. The van der Waals surface area contributed by atoms with Crippen LogP contribution < -0.4 is 0 Å². The largest absolute Gasteiger partial charge is 0.469 e. The van der Waals surface area contributed by atoms with Crippen LogP contribution in [0.25, 0.3) is 0 Å². The zero-order chi connectivity index (χ0) is 41.4. The van der Waals surface area contributed by atoms with E-state index in [-0.39, 0.29) is 12.8 Å². The molecular formula is C45H67O10P. The number of aliphatic hydroxyl groups excluding tert-OH is 2. The second-order valence-corrected chi connectivity index (χ2v) is 13.8. The molecule has 0 aromatic carbocycles. The highest BCUT2D eigenvalue weighted by molar-refractivity contribution is 7.46. The molecule has 0 saturated heterocycles. The van der Waals surface area contributed by atoms with Crippen LogP contribution in [-0.2, 0) is 28.2 Å². The number of hydrogen-bond acceptors (Lipinski definition) is 8. The molecular weight excluding hydrogens is 731 g/mol. The van der Waals surface area contributed by atoms with Crippen molar-refractivity contribution in [1.82, 2.24) is 0 Å². The average molecular weight is 799 g/mol. The second-order valence-electron chi connectivity index (χ2n) is 12.5. The van der Waals surface area contributed by atoms with Crippen LogP contribution in [0.4, 0.5) is 0 Å². The fourth-order valence-electron chi connectivity index (χ4n) is 4.43. The third-order valence-corrected chi connectivity index (χ3v) is 7.83. The number of phosphoric acid groups is 1. The van der Waals surface area contributed by atoms with Crippen molar-refractivity contribution in [2.45, 2.75) is 122 Å². The molecule has 0 rings (SSSR count). The van der Waals surface area contributed by atoms with Crippen LogP contribution in [0.1, 0.15) is 104 Å². The SMILES string of the molecule is CC/C=C\C/C=C\C/C=C\C/C=C\C/C=C\CCCC(=O)O[C@H](COC(=O)CC/C=C\C/C=C\C[C@H](O)/C=C/C=C\C=C\[C@H](O)C/C=C\CC)COP(=O)(O)O. The zero-order valence-electron chi connectivity index (χ0n) is 33.4. The lowest BCUT2D eigenvalue weighted by atomic mass is 10.2. The van der Waals surface area contributed by atoms with Crippen molar-refractivity contribution in [2.75, 3.05) is 13.2 Å². The van der Waals surface area contributed by atoms with Crippen LogP contribution in [0, 0.1) is 0 Å².